The smallest absolute Gasteiger partial charge is 0.258 e. The maximum absolute atomic E-state index is 11.8. The summed E-state index contributed by atoms with van der Waals surface area (Å²) in [6.45, 7) is 5.50. The van der Waals surface area contributed by atoms with E-state index in [1.54, 1.807) is 19.2 Å². The zero-order valence-electron chi connectivity index (χ0n) is 11.8. The van der Waals surface area contributed by atoms with Gasteiger partial charge in [0.05, 0.1) is 13.2 Å². The minimum Gasteiger partial charge on any atom is -0.504 e. The van der Waals surface area contributed by atoms with E-state index in [1.807, 2.05) is 0 Å². The molecule has 2 aromatic heterocycles. The Balaban J connectivity index is 0.00000161. The van der Waals surface area contributed by atoms with Gasteiger partial charge in [0.1, 0.15) is 0 Å². The number of aryl methyl sites for hydroxylation is 1. The van der Waals surface area contributed by atoms with Gasteiger partial charge in [-0.1, -0.05) is 0 Å². The van der Waals surface area contributed by atoms with Crippen molar-refractivity contribution in [2.75, 3.05) is 26.3 Å². The normalized spacial score (nSPS) is 15.9. The van der Waals surface area contributed by atoms with E-state index in [1.165, 1.54) is 10.5 Å². The predicted octanol–water partition coefficient (Wildman–Crippen LogP) is 0.963. The second-order valence-corrected chi connectivity index (χ2v) is 5.01. The highest BCUT2D eigenvalue weighted by Gasteiger charge is 2.15. The molecule has 0 amide bonds. The summed E-state index contributed by atoms with van der Waals surface area (Å²) in [6.07, 6.45) is 1.67. The number of nitrogens with zero attached hydrogens (tertiary/aromatic N) is 3. The Labute approximate surface area is 128 Å². The zero-order chi connectivity index (χ0) is 14.1. The van der Waals surface area contributed by atoms with E-state index in [0.29, 0.717) is 31.1 Å². The third-order valence-electron chi connectivity index (χ3n) is 3.52. The number of rotatable bonds is 2. The molecule has 0 aromatic carbocycles. The summed E-state index contributed by atoms with van der Waals surface area (Å²) < 4.78 is 6.67. The summed E-state index contributed by atoms with van der Waals surface area (Å²) in [6, 6.07) is 3.23. The van der Waals surface area contributed by atoms with E-state index in [0.717, 1.165) is 18.7 Å². The molecule has 0 atom stereocenters. The molecule has 0 unspecified atom stereocenters. The minimum atomic E-state index is -0.180. The van der Waals surface area contributed by atoms with Gasteiger partial charge in [-0.05, 0) is 13.0 Å². The van der Waals surface area contributed by atoms with Crippen LogP contribution in [0.25, 0.3) is 5.65 Å². The highest BCUT2D eigenvalue weighted by Crippen LogP contribution is 2.23. The number of hydrogen-bond donors (Lipinski definition) is 1. The summed E-state index contributed by atoms with van der Waals surface area (Å²) in [5, 5.41) is 10.3. The molecular weight excluding hydrogens is 294 g/mol. The number of hydrogen-bond acceptors (Lipinski definition) is 5. The first-order valence-corrected chi connectivity index (χ1v) is 6.66. The van der Waals surface area contributed by atoms with Gasteiger partial charge in [-0.25, -0.2) is 4.98 Å². The fourth-order valence-corrected chi connectivity index (χ4v) is 2.43. The van der Waals surface area contributed by atoms with Crippen molar-refractivity contribution in [1.29, 1.82) is 0 Å². The SMILES string of the molecule is Cc1cc(=O)n2ccc(CN3CCOCC3)c(O)c2n1.Cl. The minimum absolute atomic E-state index is 0. The topological polar surface area (TPSA) is 67.1 Å². The van der Waals surface area contributed by atoms with Crippen molar-refractivity contribution in [2.24, 2.45) is 0 Å². The van der Waals surface area contributed by atoms with Gasteiger partial charge in [0.2, 0.25) is 0 Å². The van der Waals surface area contributed by atoms with Crippen LogP contribution in [0.5, 0.6) is 5.75 Å². The molecule has 0 aliphatic carbocycles. The molecule has 1 fully saturated rings. The molecule has 1 N–H and O–H groups in total. The van der Waals surface area contributed by atoms with Gasteiger partial charge in [0.15, 0.2) is 11.4 Å². The van der Waals surface area contributed by atoms with Gasteiger partial charge < -0.3 is 9.84 Å². The van der Waals surface area contributed by atoms with E-state index in [2.05, 4.69) is 9.88 Å². The van der Waals surface area contributed by atoms with Gasteiger partial charge in [-0.3, -0.25) is 14.1 Å². The summed E-state index contributed by atoms with van der Waals surface area (Å²) in [5.41, 5.74) is 1.53. The maximum atomic E-state index is 11.8. The van der Waals surface area contributed by atoms with Crippen LogP contribution in [0.15, 0.2) is 23.1 Å². The summed E-state index contributed by atoms with van der Waals surface area (Å²) >= 11 is 0. The van der Waals surface area contributed by atoms with Crippen molar-refractivity contribution in [2.45, 2.75) is 13.5 Å². The zero-order valence-corrected chi connectivity index (χ0v) is 12.6. The van der Waals surface area contributed by atoms with Crippen LogP contribution in [-0.2, 0) is 11.3 Å². The second kappa shape index (κ2) is 6.43. The quantitative estimate of drug-likeness (QED) is 0.895. The fourth-order valence-electron chi connectivity index (χ4n) is 2.43. The Bertz CT molecular complexity index is 696. The highest BCUT2D eigenvalue weighted by molar-refractivity contribution is 5.85. The molecule has 3 rings (SSSR count). The second-order valence-electron chi connectivity index (χ2n) is 5.01. The molecule has 114 valence electrons. The first-order valence-electron chi connectivity index (χ1n) is 6.66. The van der Waals surface area contributed by atoms with Crippen LogP contribution in [0.2, 0.25) is 0 Å². The first kappa shape index (κ1) is 15.8. The van der Waals surface area contributed by atoms with Crippen molar-refractivity contribution >= 4 is 18.1 Å². The van der Waals surface area contributed by atoms with Crippen molar-refractivity contribution in [3.05, 3.63) is 39.9 Å². The number of halogens is 1. The third-order valence-corrected chi connectivity index (χ3v) is 3.52. The van der Waals surface area contributed by atoms with Crippen molar-refractivity contribution in [1.82, 2.24) is 14.3 Å². The molecule has 0 bridgehead atoms. The number of aromatic nitrogens is 2. The standard InChI is InChI=1S/C14H17N3O3.ClH/c1-10-8-12(18)17-3-2-11(13(19)14(17)15-10)9-16-4-6-20-7-5-16;/h2-3,8,19H,4-7,9H2,1H3;1H. The molecule has 7 heteroatoms. The van der Waals surface area contributed by atoms with E-state index < -0.39 is 0 Å². The van der Waals surface area contributed by atoms with E-state index in [9.17, 15) is 9.90 Å². The Hall–Kier alpha value is -1.63. The molecule has 0 saturated carbocycles. The Kier molecular flexibility index (Phi) is 4.82. The molecule has 0 spiro atoms. The van der Waals surface area contributed by atoms with Crippen LogP contribution in [0.1, 0.15) is 11.3 Å². The van der Waals surface area contributed by atoms with E-state index in [4.69, 9.17) is 4.74 Å². The lowest BCUT2D eigenvalue weighted by atomic mass is 10.2. The lowest BCUT2D eigenvalue weighted by Gasteiger charge is -2.26. The van der Waals surface area contributed by atoms with Crippen LogP contribution in [-0.4, -0.2) is 45.7 Å². The van der Waals surface area contributed by atoms with Crippen LogP contribution in [0.3, 0.4) is 0 Å². The van der Waals surface area contributed by atoms with E-state index in [-0.39, 0.29) is 23.7 Å². The molecule has 21 heavy (non-hydrogen) atoms. The number of morpholine rings is 1. The Morgan fingerprint density at radius 1 is 1.38 bits per heavy atom. The Morgan fingerprint density at radius 2 is 2.10 bits per heavy atom. The molecule has 1 saturated heterocycles. The molecular formula is C14H18ClN3O3. The molecule has 3 heterocycles. The van der Waals surface area contributed by atoms with Crippen LogP contribution in [0, 0.1) is 6.92 Å². The van der Waals surface area contributed by atoms with Gasteiger partial charge in [0.25, 0.3) is 5.56 Å². The van der Waals surface area contributed by atoms with Crippen LogP contribution in [0.4, 0.5) is 0 Å². The third kappa shape index (κ3) is 3.18. The van der Waals surface area contributed by atoms with Crippen molar-refractivity contribution in [3.63, 3.8) is 0 Å². The van der Waals surface area contributed by atoms with Crippen molar-refractivity contribution in [3.8, 4) is 5.75 Å². The molecule has 2 aromatic rings. The number of ether oxygens (including phenoxy) is 1. The monoisotopic (exact) mass is 311 g/mol. The Morgan fingerprint density at radius 3 is 2.81 bits per heavy atom. The summed E-state index contributed by atoms with van der Waals surface area (Å²) in [4.78, 5) is 18.3. The lowest BCUT2D eigenvalue weighted by Crippen LogP contribution is -2.35. The average Bonchev–Trinajstić information content (AvgIpc) is 2.43. The fraction of sp³-hybridized carbons (Fsp3) is 0.429. The van der Waals surface area contributed by atoms with Gasteiger partial charge in [-0.15, -0.1) is 12.4 Å². The van der Waals surface area contributed by atoms with Crippen LogP contribution >= 0.6 is 12.4 Å². The summed E-state index contributed by atoms with van der Waals surface area (Å²) in [7, 11) is 0. The largest absolute Gasteiger partial charge is 0.504 e. The maximum Gasteiger partial charge on any atom is 0.258 e. The van der Waals surface area contributed by atoms with Gasteiger partial charge in [-0.2, -0.15) is 0 Å². The van der Waals surface area contributed by atoms with E-state index >= 15 is 0 Å². The highest BCUT2D eigenvalue weighted by atomic mass is 35.5. The number of fused-ring (bicyclic) bond motifs is 1. The van der Waals surface area contributed by atoms with Gasteiger partial charge in [0, 0.05) is 43.2 Å². The molecule has 0 radical (unpaired) electrons. The molecule has 1 aliphatic rings. The molecule has 1 aliphatic heterocycles. The summed E-state index contributed by atoms with van der Waals surface area (Å²) in [5.74, 6) is 0.0831. The average molecular weight is 312 g/mol. The number of aromatic hydroxyl groups is 1. The van der Waals surface area contributed by atoms with Gasteiger partial charge >= 0.3 is 0 Å². The lowest BCUT2D eigenvalue weighted by molar-refractivity contribution is 0.0339. The van der Waals surface area contributed by atoms with Crippen molar-refractivity contribution < 1.29 is 9.84 Å². The predicted molar refractivity (Wildman–Crippen MR) is 81.2 cm³/mol. The molecule has 6 nitrogen and oxygen atoms in total. The van der Waals surface area contributed by atoms with Crippen LogP contribution < -0.4 is 5.56 Å². The first-order chi connectivity index (χ1) is 9.65. The number of pyridine rings is 1.